The van der Waals surface area contributed by atoms with E-state index in [4.69, 9.17) is 4.74 Å². The maximum Gasteiger partial charge on any atom is 0.340 e. The zero-order chi connectivity index (χ0) is 21.0. The number of benzene rings is 2. The highest BCUT2D eigenvalue weighted by atomic mass is 32.2. The standard InChI is InChI=1S/C20H19N3O5S/c1-13-8-9-15(11-17(13)29(26,27)21-2)23-18(24)12-28-20(25)16-7-3-5-14-6-4-10-22-19(14)16/h3-11,21H,12H2,1-2H3,(H,23,24). The van der Waals surface area contributed by atoms with Crippen molar-refractivity contribution in [1.82, 2.24) is 9.71 Å². The first kappa shape index (κ1) is 20.4. The number of nitrogens with one attached hydrogen (secondary N) is 2. The molecule has 3 rings (SSSR count). The van der Waals surface area contributed by atoms with Crippen LogP contribution in [0.3, 0.4) is 0 Å². The summed E-state index contributed by atoms with van der Waals surface area (Å²) >= 11 is 0. The summed E-state index contributed by atoms with van der Waals surface area (Å²) in [4.78, 5) is 28.7. The van der Waals surface area contributed by atoms with Gasteiger partial charge in [-0.3, -0.25) is 9.78 Å². The van der Waals surface area contributed by atoms with Crippen molar-refractivity contribution >= 4 is 38.5 Å². The molecular weight excluding hydrogens is 394 g/mol. The molecule has 0 atom stereocenters. The average molecular weight is 413 g/mol. The number of sulfonamides is 1. The number of nitrogens with zero attached hydrogens (tertiary/aromatic N) is 1. The number of amides is 1. The van der Waals surface area contributed by atoms with Crippen LogP contribution in [0.5, 0.6) is 0 Å². The predicted octanol–water partition coefficient (Wildman–Crippen LogP) is 2.25. The number of aromatic nitrogens is 1. The second-order valence-corrected chi connectivity index (χ2v) is 8.05. The van der Waals surface area contributed by atoms with Crippen LogP contribution in [0, 0.1) is 6.92 Å². The summed E-state index contributed by atoms with van der Waals surface area (Å²) in [6.45, 7) is 1.12. The Balaban J connectivity index is 1.69. The van der Waals surface area contributed by atoms with E-state index in [0.717, 1.165) is 5.39 Å². The monoisotopic (exact) mass is 413 g/mol. The lowest BCUT2D eigenvalue weighted by molar-refractivity contribution is -0.119. The smallest absolute Gasteiger partial charge is 0.340 e. The second-order valence-electron chi connectivity index (χ2n) is 6.19. The van der Waals surface area contributed by atoms with E-state index in [2.05, 4.69) is 15.0 Å². The molecule has 1 heterocycles. The lowest BCUT2D eigenvalue weighted by atomic mass is 10.1. The van der Waals surface area contributed by atoms with Gasteiger partial charge in [0.2, 0.25) is 10.0 Å². The number of hydrogen-bond acceptors (Lipinski definition) is 6. The molecule has 0 spiro atoms. The van der Waals surface area contributed by atoms with E-state index in [1.165, 1.54) is 13.1 Å². The first-order valence-electron chi connectivity index (χ1n) is 8.67. The number of rotatable bonds is 6. The Labute approximate surface area is 168 Å². The molecule has 1 amide bonds. The molecule has 8 nitrogen and oxygen atoms in total. The largest absolute Gasteiger partial charge is 0.452 e. The number of anilines is 1. The molecular formula is C20H19N3O5S. The molecule has 0 saturated carbocycles. The van der Waals surface area contributed by atoms with E-state index in [1.54, 1.807) is 43.5 Å². The molecule has 0 aliphatic heterocycles. The molecule has 0 unspecified atom stereocenters. The molecule has 150 valence electrons. The van der Waals surface area contributed by atoms with Crippen molar-refractivity contribution in [3.05, 3.63) is 65.9 Å². The van der Waals surface area contributed by atoms with Crippen LogP contribution >= 0.6 is 0 Å². The van der Waals surface area contributed by atoms with Gasteiger partial charge in [-0.15, -0.1) is 0 Å². The van der Waals surface area contributed by atoms with E-state index in [0.29, 0.717) is 11.1 Å². The van der Waals surface area contributed by atoms with E-state index >= 15 is 0 Å². The molecule has 2 aromatic carbocycles. The number of carbonyl (C=O) groups excluding carboxylic acids is 2. The number of fused-ring (bicyclic) bond motifs is 1. The van der Waals surface area contributed by atoms with Crippen LogP contribution in [0.25, 0.3) is 10.9 Å². The van der Waals surface area contributed by atoms with Crippen LogP contribution in [-0.2, 0) is 19.6 Å². The fourth-order valence-electron chi connectivity index (χ4n) is 2.75. The van der Waals surface area contributed by atoms with Gasteiger partial charge in [0, 0.05) is 17.3 Å². The van der Waals surface area contributed by atoms with Crippen LogP contribution in [-0.4, -0.2) is 38.9 Å². The van der Waals surface area contributed by atoms with Crippen molar-refractivity contribution in [3.63, 3.8) is 0 Å². The lowest BCUT2D eigenvalue weighted by Gasteiger charge is -2.11. The van der Waals surface area contributed by atoms with Gasteiger partial charge in [0.1, 0.15) is 0 Å². The van der Waals surface area contributed by atoms with Crippen LogP contribution < -0.4 is 10.0 Å². The molecule has 0 fully saturated rings. The minimum Gasteiger partial charge on any atom is -0.452 e. The Morgan fingerprint density at radius 2 is 1.86 bits per heavy atom. The van der Waals surface area contributed by atoms with Crippen LogP contribution in [0.2, 0.25) is 0 Å². The van der Waals surface area contributed by atoms with E-state index < -0.39 is 28.5 Å². The van der Waals surface area contributed by atoms with Crippen molar-refractivity contribution < 1.29 is 22.7 Å². The number of pyridine rings is 1. The van der Waals surface area contributed by atoms with Crippen molar-refractivity contribution in [2.45, 2.75) is 11.8 Å². The highest BCUT2D eigenvalue weighted by molar-refractivity contribution is 7.89. The third-order valence-electron chi connectivity index (χ3n) is 4.22. The lowest BCUT2D eigenvalue weighted by Crippen LogP contribution is -2.22. The van der Waals surface area contributed by atoms with Gasteiger partial charge < -0.3 is 10.1 Å². The van der Waals surface area contributed by atoms with E-state index in [1.807, 2.05) is 12.1 Å². The Hall–Kier alpha value is -3.30. The van der Waals surface area contributed by atoms with Gasteiger partial charge >= 0.3 is 5.97 Å². The minimum absolute atomic E-state index is 0.0524. The van der Waals surface area contributed by atoms with Gasteiger partial charge in [-0.25, -0.2) is 17.9 Å². The minimum atomic E-state index is -3.66. The van der Waals surface area contributed by atoms with E-state index in [-0.39, 0.29) is 16.1 Å². The van der Waals surface area contributed by atoms with Crippen molar-refractivity contribution in [1.29, 1.82) is 0 Å². The van der Waals surface area contributed by atoms with Gasteiger partial charge in [0.25, 0.3) is 5.91 Å². The highest BCUT2D eigenvalue weighted by Gasteiger charge is 2.17. The fourth-order valence-corrected chi connectivity index (χ4v) is 3.75. The number of ether oxygens (including phenoxy) is 1. The zero-order valence-corrected chi connectivity index (χ0v) is 16.6. The second kappa shape index (κ2) is 8.38. The topological polar surface area (TPSA) is 114 Å². The maximum atomic E-state index is 12.4. The predicted molar refractivity (Wildman–Crippen MR) is 108 cm³/mol. The summed E-state index contributed by atoms with van der Waals surface area (Å²) in [6, 6.07) is 13.2. The third-order valence-corrected chi connectivity index (χ3v) is 5.77. The summed E-state index contributed by atoms with van der Waals surface area (Å²) < 4.78 is 31.4. The normalized spacial score (nSPS) is 11.2. The summed E-state index contributed by atoms with van der Waals surface area (Å²) in [6.07, 6.45) is 1.57. The molecule has 3 aromatic rings. The molecule has 1 aromatic heterocycles. The zero-order valence-electron chi connectivity index (χ0n) is 15.8. The number of hydrogen-bond donors (Lipinski definition) is 2. The Morgan fingerprint density at radius 1 is 1.10 bits per heavy atom. The van der Waals surface area contributed by atoms with Crippen LogP contribution in [0.1, 0.15) is 15.9 Å². The molecule has 9 heteroatoms. The summed E-state index contributed by atoms with van der Waals surface area (Å²) in [5, 5.41) is 3.31. The number of para-hydroxylation sites is 1. The SMILES string of the molecule is CNS(=O)(=O)c1cc(NC(=O)COC(=O)c2cccc3cccnc23)ccc1C. The molecule has 0 aliphatic carbocycles. The highest BCUT2D eigenvalue weighted by Crippen LogP contribution is 2.20. The maximum absolute atomic E-state index is 12.4. The fraction of sp³-hybridized carbons (Fsp3) is 0.150. The van der Waals surface area contributed by atoms with Gasteiger partial charge in [-0.2, -0.15) is 0 Å². The Morgan fingerprint density at radius 3 is 2.62 bits per heavy atom. The Kier molecular flexibility index (Phi) is 5.90. The first-order chi connectivity index (χ1) is 13.8. The molecule has 0 bridgehead atoms. The summed E-state index contributed by atoms with van der Waals surface area (Å²) in [5.74, 6) is -1.27. The molecule has 0 aliphatic rings. The van der Waals surface area contributed by atoms with Crippen LogP contribution in [0.15, 0.2) is 59.6 Å². The van der Waals surface area contributed by atoms with Crippen molar-refractivity contribution in [3.8, 4) is 0 Å². The number of carbonyl (C=O) groups is 2. The number of aryl methyl sites for hydroxylation is 1. The quantitative estimate of drug-likeness (QED) is 0.599. The van der Waals surface area contributed by atoms with Gasteiger partial charge in [-0.1, -0.05) is 24.3 Å². The molecule has 0 radical (unpaired) electrons. The van der Waals surface area contributed by atoms with Crippen molar-refractivity contribution in [2.75, 3.05) is 19.0 Å². The van der Waals surface area contributed by atoms with Gasteiger partial charge in [0.15, 0.2) is 6.61 Å². The molecule has 29 heavy (non-hydrogen) atoms. The van der Waals surface area contributed by atoms with Crippen LogP contribution in [0.4, 0.5) is 5.69 Å². The van der Waals surface area contributed by atoms with E-state index in [9.17, 15) is 18.0 Å². The van der Waals surface area contributed by atoms with Gasteiger partial charge in [0.05, 0.1) is 16.0 Å². The molecule has 2 N–H and O–H groups in total. The van der Waals surface area contributed by atoms with Gasteiger partial charge in [-0.05, 0) is 43.8 Å². The summed E-state index contributed by atoms with van der Waals surface area (Å²) in [5.41, 5.74) is 1.55. The third kappa shape index (κ3) is 4.58. The van der Waals surface area contributed by atoms with Crippen molar-refractivity contribution in [2.24, 2.45) is 0 Å². The first-order valence-corrected chi connectivity index (χ1v) is 10.1. The Bertz CT molecular complexity index is 1190. The number of esters is 1. The molecule has 0 saturated heterocycles. The summed E-state index contributed by atoms with van der Waals surface area (Å²) in [7, 11) is -2.36. The average Bonchev–Trinajstić information content (AvgIpc) is 2.72.